The summed E-state index contributed by atoms with van der Waals surface area (Å²) in [5.74, 6) is 0.104. The maximum absolute atomic E-state index is 13.1. The van der Waals surface area contributed by atoms with Crippen molar-refractivity contribution in [3.63, 3.8) is 0 Å². The molecule has 7 heteroatoms. The summed E-state index contributed by atoms with van der Waals surface area (Å²) in [5, 5.41) is 2.79. The lowest BCUT2D eigenvalue weighted by molar-refractivity contribution is -0.189. The molecule has 2 amide bonds. The molecule has 7 nitrogen and oxygen atoms in total. The first-order chi connectivity index (χ1) is 12.5. The van der Waals surface area contributed by atoms with Crippen molar-refractivity contribution in [1.82, 2.24) is 10.2 Å². The van der Waals surface area contributed by atoms with Crippen LogP contribution in [0.3, 0.4) is 0 Å². The third kappa shape index (κ3) is 3.68. The van der Waals surface area contributed by atoms with Gasteiger partial charge in [-0.2, -0.15) is 0 Å². The van der Waals surface area contributed by atoms with Crippen LogP contribution in [-0.2, 0) is 25.6 Å². The Morgan fingerprint density at radius 1 is 1.19 bits per heavy atom. The molecule has 0 aromatic heterocycles. The Kier molecular flexibility index (Phi) is 5.48. The zero-order valence-corrected chi connectivity index (χ0v) is 15.3. The molecule has 2 fully saturated rings. The number of nitrogens with one attached hydrogen (secondary N) is 1. The molecule has 1 aliphatic carbocycles. The van der Waals surface area contributed by atoms with Crippen LogP contribution in [0.4, 0.5) is 0 Å². The molecule has 1 heterocycles. The Bertz CT molecular complexity index is 630. The smallest absolute Gasteiger partial charge is 0.248 e. The summed E-state index contributed by atoms with van der Waals surface area (Å²) in [7, 11) is 3.38. The first kappa shape index (κ1) is 18.7. The predicted molar refractivity (Wildman–Crippen MR) is 94.5 cm³/mol. The van der Waals surface area contributed by atoms with Crippen LogP contribution in [0.5, 0.6) is 5.75 Å². The van der Waals surface area contributed by atoms with Gasteiger partial charge in [0, 0.05) is 26.4 Å². The van der Waals surface area contributed by atoms with Crippen LogP contribution >= 0.6 is 0 Å². The molecule has 0 atom stereocenters. The molecule has 1 aromatic carbocycles. The van der Waals surface area contributed by atoms with Crippen molar-refractivity contribution < 1.29 is 23.8 Å². The van der Waals surface area contributed by atoms with Gasteiger partial charge < -0.3 is 24.4 Å². The second kappa shape index (κ2) is 7.63. The van der Waals surface area contributed by atoms with Gasteiger partial charge in [0.25, 0.3) is 0 Å². The zero-order valence-electron chi connectivity index (χ0n) is 15.3. The minimum absolute atomic E-state index is 0.0896. The van der Waals surface area contributed by atoms with Gasteiger partial charge in [0.1, 0.15) is 11.3 Å². The summed E-state index contributed by atoms with van der Waals surface area (Å²) in [6.45, 7) is 1.63. The van der Waals surface area contributed by atoms with Gasteiger partial charge in [-0.05, 0) is 30.5 Å². The topological polar surface area (TPSA) is 77.1 Å². The molecule has 0 unspecified atom stereocenters. The lowest BCUT2D eigenvalue weighted by Crippen LogP contribution is -2.60. The highest BCUT2D eigenvalue weighted by Crippen LogP contribution is 2.41. The van der Waals surface area contributed by atoms with Gasteiger partial charge in [-0.1, -0.05) is 12.1 Å². The standard InChI is InChI=1S/C19H26N2O5/c1-21(13-15-3-5-16(24-2)6-4-15)17(23)18(20-14-22)7-9-19(10-8-18)25-11-12-26-19/h3-6,14H,7-13H2,1-2H3,(H,20,22). The van der Waals surface area contributed by atoms with Gasteiger partial charge in [-0.3, -0.25) is 9.59 Å². The largest absolute Gasteiger partial charge is 0.497 e. The van der Waals surface area contributed by atoms with Crippen molar-refractivity contribution in [3.05, 3.63) is 29.8 Å². The predicted octanol–water partition coefficient (Wildman–Crippen LogP) is 1.46. The van der Waals surface area contributed by atoms with Gasteiger partial charge in [0.15, 0.2) is 5.79 Å². The lowest BCUT2D eigenvalue weighted by atomic mass is 9.77. The molecule has 2 aliphatic rings. The van der Waals surface area contributed by atoms with Gasteiger partial charge >= 0.3 is 0 Å². The van der Waals surface area contributed by atoms with Crippen molar-refractivity contribution in [3.8, 4) is 5.75 Å². The molecule has 0 bridgehead atoms. The third-order valence-electron chi connectivity index (χ3n) is 5.35. The summed E-state index contributed by atoms with van der Waals surface area (Å²) in [6.07, 6.45) is 2.80. The van der Waals surface area contributed by atoms with E-state index in [1.54, 1.807) is 19.1 Å². The molecular formula is C19H26N2O5. The van der Waals surface area contributed by atoms with Gasteiger partial charge in [0.05, 0.1) is 20.3 Å². The van der Waals surface area contributed by atoms with E-state index < -0.39 is 11.3 Å². The number of carbonyl (C=O) groups excluding carboxylic acids is 2. The first-order valence-corrected chi connectivity index (χ1v) is 8.90. The summed E-state index contributed by atoms with van der Waals surface area (Å²) >= 11 is 0. The van der Waals surface area contributed by atoms with Crippen LogP contribution in [0.2, 0.25) is 0 Å². The first-order valence-electron chi connectivity index (χ1n) is 8.90. The number of methoxy groups -OCH3 is 1. The monoisotopic (exact) mass is 362 g/mol. The van der Waals surface area contributed by atoms with Crippen LogP contribution in [0.15, 0.2) is 24.3 Å². The highest BCUT2D eigenvalue weighted by atomic mass is 16.7. The fourth-order valence-electron chi connectivity index (χ4n) is 3.82. The number of hydrogen-bond acceptors (Lipinski definition) is 5. The molecule has 1 N–H and O–H groups in total. The van der Waals surface area contributed by atoms with E-state index in [1.807, 2.05) is 24.3 Å². The number of hydrogen-bond donors (Lipinski definition) is 1. The molecule has 26 heavy (non-hydrogen) atoms. The molecule has 1 aromatic rings. The Balaban J connectivity index is 1.68. The number of carbonyl (C=O) groups is 2. The quantitative estimate of drug-likeness (QED) is 0.775. The molecule has 1 aliphatic heterocycles. The average Bonchev–Trinajstić information content (AvgIpc) is 3.12. The van der Waals surface area contributed by atoms with Crippen molar-refractivity contribution in [1.29, 1.82) is 0 Å². The SMILES string of the molecule is COc1ccc(CN(C)C(=O)C2(NC=O)CCC3(CC2)OCCO3)cc1. The Morgan fingerprint density at radius 3 is 2.35 bits per heavy atom. The Hall–Kier alpha value is -2.12. The molecule has 1 saturated carbocycles. The van der Waals surface area contributed by atoms with E-state index in [0.29, 0.717) is 51.9 Å². The van der Waals surface area contributed by atoms with E-state index in [0.717, 1.165) is 11.3 Å². The van der Waals surface area contributed by atoms with Crippen LogP contribution in [0.1, 0.15) is 31.2 Å². The average molecular weight is 362 g/mol. The van der Waals surface area contributed by atoms with Crippen molar-refractivity contribution in [2.75, 3.05) is 27.4 Å². The molecule has 142 valence electrons. The fourth-order valence-corrected chi connectivity index (χ4v) is 3.82. The van der Waals surface area contributed by atoms with Crippen LogP contribution in [0, 0.1) is 0 Å². The van der Waals surface area contributed by atoms with Crippen molar-refractivity contribution in [2.45, 2.75) is 43.6 Å². The van der Waals surface area contributed by atoms with E-state index in [9.17, 15) is 9.59 Å². The maximum Gasteiger partial charge on any atom is 0.248 e. The normalized spacial score (nSPS) is 20.5. The van der Waals surface area contributed by atoms with Crippen LogP contribution in [0.25, 0.3) is 0 Å². The zero-order chi connectivity index (χ0) is 18.6. The maximum atomic E-state index is 13.1. The van der Waals surface area contributed by atoms with E-state index in [1.165, 1.54) is 0 Å². The summed E-state index contributed by atoms with van der Waals surface area (Å²) in [6, 6.07) is 7.59. The number of rotatable bonds is 6. The number of likely N-dealkylation sites (N-methyl/N-ethyl adjacent to an activating group) is 1. The number of amides is 2. The second-order valence-corrected chi connectivity index (χ2v) is 6.96. The highest BCUT2D eigenvalue weighted by Gasteiger charge is 2.50. The summed E-state index contributed by atoms with van der Waals surface area (Å²) in [4.78, 5) is 26.0. The van der Waals surface area contributed by atoms with E-state index in [4.69, 9.17) is 14.2 Å². The number of nitrogens with zero attached hydrogens (tertiary/aromatic N) is 1. The number of benzene rings is 1. The van der Waals surface area contributed by atoms with E-state index >= 15 is 0 Å². The van der Waals surface area contributed by atoms with E-state index in [-0.39, 0.29) is 5.91 Å². The Morgan fingerprint density at radius 2 is 1.81 bits per heavy atom. The third-order valence-corrected chi connectivity index (χ3v) is 5.35. The highest BCUT2D eigenvalue weighted by molar-refractivity contribution is 5.88. The van der Waals surface area contributed by atoms with Gasteiger partial charge in [-0.15, -0.1) is 0 Å². The Labute approximate surface area is 153 Å². The van der Waals surface area contributed by atoms with Crippen molar-refractivity contribution in [2.24, 2.45) is 0 Å². The fraction of sp³-hybridized carbons (Fsp3) is 0.579. The van der Waals surface area contributed by atoms with Crippen LogP contribution in [-0.4, -0.2) is 55.9 Å². The van der Waals surface area contributed by atoms with Crippen molar-refractivity contribution >= 4 is 12.3 Å². The second-order valence-electron chi connectivity index (χ2n) is 6.96. The lowest BCUT2D eigenvalue weighted by Gasteiger charge is -2.43. The van der Waals surface area contributed by atoms with E-state index in [2.05, 4.69) is 5.32 Å². The summed E-state index contributed by atoms with van der Waals surface area (Å²) in [5.41, 5.74) is 0.0985. The van der Waals surface area contributed by atoms with Gasteiger partial charge in [-0.25, -0.2) is 0 Å². The van der Waals surface area contributed by atoms with Crippen LogP contribution < -0.4 is 10.1 Å². The molecule has 1 spiro atoms. The minimum Gasteiger partial charge on any atom is -0.497 e. The molecule has 3 rings (SSSR count). The molecular weight excluding hydrogens is 336 g/mol. The molecule has 1 saturated heterocycles. The minimum atomic E-state index is -0.899. The van der Waals surface area contributed by atoms with Gasteiger partial charge in [0.2, 0.25) is 12.3 Å². The number of ether oxygens (including phenoxy) is 3. The molecule has 0 radical (unpaired) electrons. The summed E-state index contributed by atoms with van der Waals surface area (Å²) < 4.78 is 16.6.